The van der Waals surface area contributed by atoms with Gasteiger partial charge in [0.1, 0.15) is 11.5 Å². The van der Waals surface area contributed by atoms with Crippen LogP contribution in [0.5, 0.6) is 0 Å². The highest BCUT2D eigenvalue weighted by Gasteiger charge is 2.39. The van der Waals surface area contributed by atoms with Crippen LogP contribution in [0.1, 0.15) is 32.3 Å². The summed E-state index contributed by atoms with van der Waals surface area (Å²) >= 11 is 0. The van der Waals surface area contributed by atoms with Gasteiger partial charge in [-0.3, -0.25) is 10.00 Å². The molecule has 8 nitrogen and oxygen atoms in total. The number of urea groups is 1. The van der Waals surface area contributed by atoms with E-state index in [1.807, 2.05) is 64.3 Å². The molecule has 158 valence electrons. The molecule has 2 aromatic heterocycles. The highest BCUT2D eigenvalue weighted by Crippen LogP contribution is 2.34. The zero-order valence-corrected chi connectivity index (χ0v) is 17.8. The summed E-state index contributed by atoms with van der Waals surface area (Å²) in [5.41, 5.74) is 2.61. The molecule has 0 aliphatic heterocycles. The van der Waals surface area contributed by atoms with Gasteiger partial charge in [-0.25, -0.2) is 9.48 Å². The van der Waals surface area contributed by atoms with Gasteiger partial charge in [-0.2, -0.15) is 10.2 Å². The Bertz CT molecular complexity index is 1050. The van der Waals surface area contributed by atoms with E-state index in [9.17, 15) is 9.90 Å². The van der Waals surface area contributed by atoms with Crippen LogP contribution in [0.4, 0.5) is 10.6 Å². The summed E-state index contributed by atoms with van der Waals surface area (Å²) in [6.45, 7) is 5.80. The highest BCUT2D eigenvalue weighted by atomic mass is 16.3. The quantitative estimate of drug-likeness (QED) is 0.617. The number of aliphatic hydroxyl groups is 1. The first kappa shape index (κ1) is 20.2. The standard InChI is InChI=1S/C22H28N6O2/c1-14-10-22(3,30)11-18(14)24-21(29)25-20-15(2)19(16-12-23-27(4)13-16)26-28(20)17-8-6-5-7-9-17/h5-9,12-14,18,30H,10-11H2,1-4H3,(H2,24,25,29)/t14-,18-,22?/m1/s1. The molecule has 8 heteroatoms. The number of nitrogens with zero attached hydrogens (tertiary/aromatic N) is 4. The van der Waals surface area contributed by atoms with Crippen molar-refractivity contribution in [3.05, 3.63) is 48.3 Å². The van der Waals surface area contributed by atoms with Crippen molar-refractivity contribution >= 4 is 11.8 Å². The lowest BCUT2D eigenvalue weighted by molar-refractivity contribution is 0.0631. The maximum atomic E-state index is 12.8. The Kier molecular flexibility index (Phi) is 5.11. The molecule has 2 amide bonds. The van der Waals surface area contributed by atoms with Gasteiger partial charge in [-0.05, 0) is 44.7 Å². The molecular weight excluding hydrogens is 380 g/mol. The number of hydrogen-bond donors (Lipinski definition) is 3. The van der Waals surface area contributed by atoms with Gasteiger partial charge in [0.15, 0.2) is 0 Å². The molecule has 3 aromatic rings. The number of carbonyl (C=O) groups is 1. The number of hydrogen-bond acceptors (Lipinski definition) is 4. The third-order valence-electron chi connectivity index (χ3n) is 5.76. The van der Waals surface area contributed by atoms with E-state index in [1.54, 1.807) is 15.6 Å². The summed E-state index contributed by atoms with van der Waals surface area (Å²) in [7, 11) is 1.86. The van der Waals surface area contributed by atoms with E-state index in [1.165, 1.54) is 0 Å². The minimum Gasteiger partial charge on any atom is -0.390 e. The van der Waals surface area contributed by atoms with Gasteiger partial charge in [0.2, 0.25) is 0 Å². The summed E-state index contributed by atoms with van der Waals surface area (Å²) in [5, 5.41) is 25.3. The first-order chi connectivity index (χ1) is 14.2. The van der Waals surface area contributed by atoms with Gasteiger partial charge in [0.25, 0.3) is 0 Å². The summed E-state index contributed by atoms with van der Waals surface area (Å²) in [5.74, 6) is 0.812. The average Bonchev–Trinajstić information content (AvgIpc) is 3.32. The number of anilines is 1. The Morgan fingerprint density at radius 2 is 2.00 bits per heavy atom. The fourth-order valence-electron chi connectivity index (χ4n) is 4.32. The Morgan fingerprint density at radius 1 is 1.27 bits per heavy atom. The van der Waals surface area contributed by atoms with E-state index < -0.39 is 5.60 Å². The van der Waals surface area contributed by atoms with Gasteiger partial charge in [0.05, 0.1) is 17.5 Å². The molecule has 30 heavy (non-hydrogen) atoms. The number of carbonyl (C=O) groups excluding carboxylic acids is 1. The fraction of sp³-hybridized carbons (Fsp3) is 0.409. The van der Waals surface area contributed by atoms with Crippen LogP contribution in [-0.4, -0.2) is 42.3 Å². The molecule has 2 heterocycles. The SMILES string of the molecule is Cc1c(-c2cnn(C)c2)nn(-c2ccccc2)c1NC(=O)N[C@@H]1CC(C)(O)C[C@H]1C. The minimum atomic E-state index is -0.743. The van der Waals surface area contributed by atoms with Gasteiger partial charge in [0, 0.05) is 30.4 Å². The Morgan fingerprint density at radius 3 is 2.60 bits per heavy atom. The molecule has 3 atom stereocenters. The topological polar surface area (TPSA) is 97.0 Å². The highest BCUT2D eigenvalue weighted by molar-refractivity contribution is 5.91. The molecule has 1 aliphatic carbocycles. The number of amides is 2. The monoisotopic (exact) mass is 408 g/mol. The van der Waals surface area contributed by atoms with Crippen LogP contribution in [0, 0.1) is 12.8 Å². The normalized spacial score (nSPS) is 23.5. The van der Waals surface area contributed by atoms with Crippen LogP contribution in [0.2, 0.25) is 0 Å². The number of benzene rings is 1. The number of aryl methyl sites for hydroxylation is 1. The van der Waals surface area contributed by atoms with Crippen LogP contribution in [0.25, 0.3) is 16.9 Å². The molecule has 4 rings (SSSR count). The van der Waals surface area contributed by atoms with Crippen LogP contribution >= 0.6 is 0 Å². The molecule has 0 saturated heterocycles. The van der Waals surface area contributed by atoms with Crippen LogP contribution in [-0.2, 0) is 7.05 Å². The number of nitrogens with one attached hydrogen (secondary N) is 2. The lowest BCUT2D eigenvalue weighted by Gasteiger charge is -2.19. The second kappa shape index (κ2) is 7.60. The van der Waals surface area contributed by atoms with E-state index >= 15 is 0 Å². The average molecular weight is 409 g/mol. The summed E-state index contributed by atoms with van der Waals surface area (Å²) in [6, 6.07) is 9.31. The van der Waals surface area contributed by atoms with Crippen LogP contribution in [0.15, 0.2) is 42.7 Å². The first-order valence-electron chi connectivity index (χ1n) is 10.2. The third-order valence-corrected chi connectivity index (χ3v) is 5.76. The van der Waals surface area contributed by atoms with E-state index in [4.69, 9.17) is 5.10 Å². The number of rotatable bonds is 4. The molecule has 0 spiro atoms. The van der Waals surface area contributed by atoms with Gasteiger partial charge in [-0.15, -0.1) is 0 Å². The van der Waals surface area contributed by atoms with E-state index in [0.717, 1.165) is 22.5 Å². The second-order valence-electron chi connectivity index (χ2n) is 8.56. The molecule has 1 aliphatic rings. The largest absolute Gasteiger partial charge is 0.390 e. The maximum absolute atomic E-state index is 12.8. The minimum absolute atomic E-state index is 0.0776. The van der Waals surface area contributed by atoms with Crippen molar-refractivity contribution in [3.8, 4) is 16.9 Å². The van der Waals surface area contributed by atoms with Gasteiger partial charge >= 0.3 is 6.03 Å². The van der Waals surface area contributed by atoms with Gasteiger partial charge < -0.3 is 10.4 Å². The lowest BCUT2D eigenvalue weighted by Crippen LogP contribution is -2.40. The Balaban J connectivity index is 1.64. The van der Waals surface area contributed by atoms with Crippen molar-refractivity contribution in [1.29, 1.82) is 0 Å². The molecule has 0 radical (unpaired) electrons. The molecule has 1 saturated carbocycles. The van der Waals surface area contributed by atoms with Crippen molar-refractivity contribution in [3.63, 3.8) is 0 Å². The summed E-state index contributed by atoms with van der Waals surface area (Å²) in [4.78, 5) is 12.8. The third kappa shape index (κ3) is 3.95. The zero-order chi connectivity index (χ0) is 21.5. The second-order valence-corrected chi connectivity index (χ2v) is 8.56. The smallest absolute Gasteiger partial charge is 0.320 e. The van der Waals surface area contributed by atoms with Crippen molar-refractivity contribution in [2.24, 2.45) is 13.0 Å². The van der Waals surface area contributed by atoms with Crippen molar-refractivity contribution in [2.75, 3.05) is 5.32 Å². The van der Waals surface area contributed by atoms with Gasteiger partial charge in [-0.1, -0.05) is 25.1 Å². The molecule has 0 bridgehead atoms. The van der Waals surface area contributed by atoms with E-state index in [-0.39, 0.29) is 18.0 Å². The fourth-order valence-corrected chi connectivity index (χ4v) is 4.32. The number of aromatic nitrogens is 4. The summed E-state index contributed by atoms with van der Waals surface area (Å²) in [6.07, 6.45) is 4.87. The lowest BCUT2D eigenvalue weighted by atomic mass is 10.0. The zero-order valence-electron chi connectivity index (χ0n) is 17.8. The Hall–Kier alpha value is -3.13. The predicted octanol–water partition coefficient (Wildman–Crippen LogP) is 3.25. The van der Waals surface area contributed by atoms with Crippen LogP contribution < -0.4 is 10.6 Å². The van der Waals surface area contributed by atoms with Crippen molar-refractivity contribution in [2.45, 2.75) is 45.3 Å². The first-order valence-corrected chi connectivity index (χ1v) is 10.2. The van der Waals surface area contributed by atoms with Crippen LogP contribution in [0.3, 0.4) is 0 Å². The van der Waals surface area contributed by atoms with E-state index in [2.05, 4.69) is 15.7 Å². The maximum Gasteiger partial charge on any atom is 0.320 e. The van der Waals surface area contributed by atoms with Crippen molar-refractivity contribution in [1.82, 2.24) is 24.9 Å². The molecule has 1 fully saturated rings. The molecular formula is C22H28N6O2. The van der Waals surface area contributed by atoms with Crippen molar-refractivity contribution < 1.29 is 9.90 Å². The predicted molar refractivity (Wildman–Crippen MR) is 115 cm³/mol. The Labute approximate surface area is 175 Å². The molecule has 1 aromatic carbocycles. The molecule has 1 unspecified atom stereocenters. The number of para-hydroxylation sites is 1. The van der Waals surface area contributed by atoms with E-state index in [0.29, 0.717) is 18.7 Å². The summed E-state index contributed by atoms with van der Waals surface area (Å²) < 4.78 is 3.47. The molecule has 3 N–H and O–H groups in total.